The topological polar surface area (TPSA) is 87.0 Å². The zero-order chi connectivity index (χ0) is 11.4. The van der Waals surface area contributed by atoms with Gasteiger partial charge in [0.15, 0.2) is 9.84 Å². The van der Waals surface area contributed by atoms with E-state index in [9.17, 15) is 13.2 Å². The molecule has 0 radical (unpaired) electrons. The number of nitrogens with one attached hydrogen (secondary N) is 1. The van der Waals surface area contributed by atoms with Crippen molar-refractivity contribution in [2.45, 2.75) is 25.0 Å². The van der Waals surface area contributed by atoms with Gasteiger partial charge in [-0.2, -0.15) is 5.26 Å². The third-order valence-electron chi connectivity index (χ3n) is 1.95. The molecule has 5 nitrogen and oxygen atoms in total. The van der Waals surface area contributed by atoms with Crippen LogP contribution in [0, 0.1) is 11.3 Å². The van der Waals surface area contributed by atoms with E-state index in [0.29, 0.717) is 0 Å². The molecule has 0 bridgehead atoms. The summed E-state index contributed by atoms with van der Waals surface area (Å²) < 4.78 is 21.4. The first-order chi connectivity index (χ1) is 6.20. The van der Waals surface area contributed by atoms with Crippen LogP contribution < -0.4 is 5.32 Å². The van der Waals surface area contributed by atoms with Gasteiger partial charge in [0.25, 0.3) is 0 Å². The molecule has 0 aromatic heterocycles. The highest BCUT2D eigenvalue weighted by Crippen LogP contribution is 2.13. The molecule has 0 aliphatic heterocycles. The molecular formula is C8H14N2O3S. The molecule has 0 rings (SSSR count). The van der Waals surface area contributed by atoms with E-state index in [1.165, 1.54) is 13.8 Å². The average molecular weight is 218 g/mol. The Hall–Kier alpha value is -1.09. The van der Waals surface area contributed by atoms with Crippen molar-refractivity contribution >= 4 is 15.7 Å². The Labute approximate surface area is 84.0 Å². The van der Waals surface area contributed by atoms with Crippen LogP contribution in [-0.4, -0.2) is 31.9 Å². The maximum Gasteiger partial charge on any atom is 0.234 e. The summed E-state index contributed by atoms with van der Waals surface area (Å²) in [6.07, 6.45) is 0.864. The molecule has 0 atom stereocenters. The summed E-state index contributed by atoms with van der Waals surface area (Å²) >= 11 is 0. The summed E-state index contributed by atoms with van der Waals surface area (Å²) in [5.41, 5.74) is 0. The highest BCUT2D eigenvalue weighted by Gasteiger charge is 2.30. The molecule has 0 aromatic carbocycles. The SMILES string of the molecule is CC(C)(CNC(=O)CC#N)S(C)(=O)=O. The molecule has 0 aliphatic carbocycles. The molecule has 6 heteroatoms. The fourth-order valence-corrected chi connectivity index (χ4v) is 0.911. The van der Waals surface area contributed by atoms with E-state index in [2.05, 4.69) is 5.32 Å². The van der Waals surface area contributed by atoms with Gasteiger partial charge < -0.3 is 5.32 Å². The predicted octanol–water partition coefficient (Wildman–Crippen LogP) is -0.161. The second-order valence-electron chi connectivity index (χ2n) is 3.64. The Morgan fingerprint density at radius 3 is 2.36 bits per heavy atom. The minimum absolute atomic E-state index is 0.0202. The molecular weight excluding hydrogens is 204 g/mol. The first kappa shape index (κ1) is 12.9. The number of carbonyl (C=O) groups is 1. The average Bonchev–Trinajstić information content (AvgIpc) is 1.99. The zero-order valence-corrected chi connectivity index (χ0v) is 9.31. The van der Waals surface area contributed by atoms with Crippen LogP contribution in [0.25, 0.3) is 0 Å². The standard InChI is InChI=1S/C8H14N2O3S/c1-8(2,14(3,12)13)6-10-7(11)4-5-9/h4,6H2,1-3H3,(H,10,11). The van der Waals surface area contributed by atoms with E-state index in [4.69, 9.17) is 5.26 Å². The van der Waals surface area contributed by atoms with Crippen LogP contribution in [0.4, 0.5) is 0 Å². The van der Waals surface area contributed by atoms with Crippen molar-refractivity contribution in [1.29, 1.82) is 5.26 Å². The number of hydrogen-bond donors (Lipinski definition) is 1. The summed E-state index contributed by atoms with van der Waals surface area (Å²) in [6, 6.07) is 1.68. The second-order valence-corrected chi connectivity index (χ2v) is 6.29. The lowest BCUT2D eigenvalue weighted by atomic mass is 10.2. The van der Waals surface area contributed by atoms with E-state index in [1.54, 1.807) is 6.07 Å². The highest BCUT2D eigenvalue weighted by molar-refractivity contribution is 7.92. The van der Waals surface area contributed by atoms with Crippen LogP contribution in [-0.2, 0) is 14.6 Å². The van der Waals surface area contributed by atoms with Gasteiger partial charge in [-0.25, -0.2) is 8.42 Å². The third-order valence-corrected chi connectivity index (χ3v) is 4.11. The molecule has 0 saturated heterocycles. The Kier molecular flexibility index (Phi) is 4.08. The molecule has 80 valence electrons. The second kappa shape index (κ2) is 4.42. The van der Waals surface area contributed by atoms with E-state index in [0.717, 1.165) is 6.26 Å². The Morgan fingerprint density at radius 2 is 2.00 bits per heavy atom. The van der Waals surface area contributed by atoms with Crippen LogP contribution in [0.1, 0.15) is 20.3 Å². The number of rotatable bonds is 4. The molecule has 0 fully saturated rings. The minimum Gasteiger partial charge on any atom is -0.354 e. The quantitative estimate of drug-likeness (QED) is 0.710. The Morgan fingerprint density at radius 1 is 1.50 bits per heavy atom. The normalized spacial score (nSPS) is 11.9. The first-order valence-electron chi connectivity index (χ1n) is 4.04. The van der Waals surface area contributed by atoms with Gasteiger partial charge in [-0.1, -0.05) is 0 Å². The molecule has 0 aliphatic rings. The Balaban J connectivity index is 4.29. The lowest BCUT2D eigenvalue weighted by Gasteiger charge is -2.22. The maximum absolute atomic E-state index is 11.2. The van der Waals surface area contributed by atoms with Crippen LogP contribution in [0.5, 0.6) is 0 Å². The Bertz CT molecular complexity index is 351. The number of hydrogen-bond acceptors (Lipinski definition) is 4. The molecule has 1 amide bonds. The van der Waals surface area contributed by atoms with Crippen molar-refractivity contribution in [3.8, 4) is 6.07 Å². The zero-order valence-electron chi connectivity index (χ0n) is 8.49. The lowest BCUT2D eigenvalue weighted by Crippen LogP contribution is -2.43. The van der Waals surface area contributed by atoms with Crippen molar-refractivity contribution in [3.63, 3.8) is 0 Å². The smallest absolute Gasteiger partial charge is 0.234 e. The van der Waals surface area contributed by atoms with Crippen molar-refractivity contribution < 1.29 is 13.2 Å². The summed E-state index contributed by atoms with van der Waals surface area (Å²) in [5, 5.41) is 10.6. The lowest BCUT2D eigenvalue weighted by molar-refractivity contribution is -0.120. The van der Waals surface area contributed by atoms with E-state index in [-0.39, 0.29) is 13.0 Å². The van der Waals surface area contributed by atoms with Gasteiger partial charge in [-0.05, 0) is 13.8 Å². The van der Waals surface area contributed by atoms with Crippen molar-refractivity contribution in [2.24, 2.45) is 0 Å². The van der Waals surface area contributed by atoms with Crippen molar-refractivity contribution in [2.75, 3.05) is 12.8 Å². The van der Waals surface area contributed by atoms with Gasteiger partial charge in [-0.3, -0.25) is 4.79 Å². The van der Waals surface area contributed by atoms with Gasteiger partial charge in [0.2, 0.25) is 5.91 Å². The number of carbonyl (C=O) groups excluding carboxylic acids is 1. The monoisotopic (exact) mass is 218 g/mol. The predicted molar refractivity (Wildman–Crippen MR) is 52.2 cm³/mol. The minimum atomic E-state index is -3.21. The molecule has 0 aromatic rings. The van der Waals surface area contributed by atoms with E-state index >= 15 is 0 Å². The first-order valence-corrected chi connectivity index (χ1v) is 5.93. The van der Waals surface area contributed by atoms with Gasteiger partial charge in [0.05, 0.1) is 10.8 Å². The van der Waals surface area contributed by atoms with Gasteiger partial charge in [-0.15, -0.1) is 0 Å². The molecule has 1 N–H and O–H groups in total. The molecule has 0 heterocycles. The van der Waals surface area contributed by atoms with E-state index in [1.807, 2.05) is 0 Å². The molecule has 14 heavy (non-hydrogen) atoms. The highest BCUT2D eigenvalue weighted by atomic mass is 32.2. The third kappa shape index (κ3) is 3.75. The van der Waals surface area contributed by atoms with Gasteiger partial charge >= 0.3 is 0 Å². The summed E-state index contributed by atoms with van der Waals surface area (Å²) in [6.45, 7) is 3.07. The van der Waals surface area contributed by atoms with Crippen LogP contribution in [0.3, 0.4) is 0 Å². The van der Waals surface area contributed by atoms with E-state index < -0.39 is 20.5 Å². The largest absolute Gasteiger partial charge is 0.354 e. The van der Waals surface area contributed by atoms with Crippen molar-refractivity contribution in [3.05, 3.63) is 0 Å². The fourth-order valence-electron chi connectivity index (χ4n) is 0.577. The number of sulfone groups is 1. The number of nitrogens with zero attached hydrogens (tertiary/aromatic N) is 1. The molecule has 0 unspecified atom stereocenters. The molecule has 0 spiro atoms. The summed E-state index contributed by atoms with van der Waals surface area (Å²) in [7, 11) is -3.21. The van der Waals surface area contributed by atoms with Gasteiger partial charge in [0, 0.05) is 12.8 Å². The van der Waals surface area contributed by atoms with Crippen LogP contribution in [0.2, 0.25) is 0 Å². The summed E-state index contributed by atoms with van der Waals surface area (Å²) in [4.78, 5) is 10.9. The number of nitriles is 1. The molecule has 0 saturated carbocycles. The number of amides is 1. The fraction of sp³-hybridized carbons (Fsp3) is 0.750. The maximum atomic E-state index is 11.2. The van der Waals surface area contributed by atoms with Crippen LogP contribution in [0.15, 0.2) is 0 Å². The summed E-state index contributed by atoms with van der Waals surface area (Å²) in [5.74, 6) is -0.454. The van der Waals surface area contributed by atoms with Crippen LogP contribution >= 0.6 is 0 Å². The van der Waals surface area contributed by atoms with Crippen molar-refractivity contribution in [1.82, 2.24) is 5.32 Å². The van der Waals surface area contributed by atoms with Gasteiger partial charge in [0.1, 0.15) is 6.42 Å².